The normalized spacial score (nSPS) is 20.7. The van der Waals surface area contributed by atoms with E-state index in [0.717, 1.165) is 19.0 Å². The van der Waals surface area contributed by atoms with Gasteiger partial charge in [-0.1, -0.05) is 29.8 Å². The van der Waals surface area contributed by atoms with Gasteiger partial charge in [0.25, 0.3) is 0 Å². The molecule has 0 aromatic heterocycles. The molecule has 1 aromatic rings. The van der Waals surface area contributed by atoms with Crippen molar-refractivity contribution < 1.29 is 0 Å². The Balaban J connectivity index is 1.73. The molecule has 1 saturated heterocycles. The van der Waals surface area contributed by atoms with E-state index in [1.165, 1.54) is 29.1 Å². The van der Waals surface area contributed by atoms with Crippen molar-refractivity contribution in [3.8, 4) is 0 Å². The highest BCUT2D eigenvalue weighted by molar-refractivity contribution is 7.99. The second-order valence-electron chi connectivity index (χ2n) is 4.25. The lowest BCUT2D eigenvalue weighted by molar-refractivity contribution is 0.560. The first-order valence-electron chi connectivity index (χ1n) is 5.71. The van der Waals surface area contributed by atoms with Crippen molar-refractivity contribution >= 4 is 11.8 Å². The van der Waals surface area contributed by atoms with Gasteiger partial charge in [-0.2, -0.15) is 11.8 Å². The van der Waals surface area contributed by atoms with Crippen LogP contribution < -0.4 is 5.32 Å². The summed E-state index contributed by atoms with van der Waals surface area (Å²) < 4.78 is 0. The monoisotopic (exact) mass is 221 g/mol. The molecule has 2 rings (SSSR count). The lowest BCUT2D eigenvalue weighted by Crippen LogP contribution is -2.30. The lowest BCUT2D eigenvalue weighted by Gasteiger charge is -2.10. The Hall–Kier alpha value is -0.470. The van der Waals surface area contributed by atoms with Gasteiger partial charge >= 0.3 is 0 Å². The smallest absolute Gasteiger partial charge is 0.0166 e. The van der Waals surface area contributed by atoms with E-state index in [4.69, 9.17) is 0 Å². The van der Waals surface area contributed by atoms with Gasteiger partial charge in [-0.25, -0.2) is 0 Å². The van der Waals surface area contributed by atoms with Crippen LogP contribution in [0.2, 0.25) is 0 Å². The van der Waals surface area contributed by atoms with E-state index in [1.54, 1.807) is 0 Å². The minimum atomic E-state index is 0.764. The summed E-state index contributed by atoms with van der Waals surface area (Å²) in [6.07, 6.45) is 2.50. The molecule has 0 aliphatic carbocycles. The van der Waals surface area contributed by atoms with E-state index in [-0.39, 0.29) is 0 Å². The van der Waals surface area contributed by atoms with Gasteiger partial charge in [0.1, 0.15) is 0 Å². The van der Waals surface area contributed by atoms with Crippen molar-refractivity contribution in [3.05, 3.63) is 35.4 Å². The van der Waals surface area contributed by atoms with Crippen LogP contribution in [-0.2, 0) is 6.42 Å². The minimum Gasteiger partial charge on any atom is -0.313 e. The van der Waals surface area contributed by atoms with Gasteiger partial charge in [-0.3, -0.25) is 0 Å². The summed E-state index contributed by atoms with van der Waals surface area (Å²) in [5.74, 6) is 2.63. The number of aryl methyl sites for hydroxylation is 1. The minimum absolute atomic E-state index is 0.764. The third kappa shape index (κ3) is 3.54. The maximum Gasteiger partial charge on any atom is 0.0166 e. The largest absolute Gasteiger partial charge is 0.313 e. The molecule has 0 bridgehead atoms. The van der Waals surface area contributed by atoms with Gasteiger partial charge in [-0.15, -0.1) is 0 Å². The van der Waals surface area contributed by atoms with Crippen LogP contribution in [0.5, 0.6) is 0 Å². The van der Waals surface area contributed by atoms with Gasteiger partial charge in [0.15, 0.2) is 0 Å². The van der Waals surface area contributed by atoms with Crippen LogP contribution in [0.3, 0.4) is 0 Å². The molecule has 0 amide bonds. The van der Waals surface area contributed by atoms with E-state index < -0.39 is 0 Å². The van der Waals surface area contributed by atoms with Crippen LogP contribution >= 0.6 is 11.8 Å². The quantitative estimate of drug-likeness (QED) is 0.839. The molecule has 15 heavy (non-hydrogen) atoms. The first kappa shape index (κ1) is 11.0. The summed E-state index contributed by atoms with van der Waals surface area (Å²) >= 11 is 2.07. The zero-order valence-electron chi connectivity index (χ0n) is 9.33. The second kappa shape index (κ2) is 5.57. The summed E-state index contributed by atoms with van der Waals surface area (Å²) in [6.45, 7) is 3.28. The fourth-order valence-corrected chi connectivity index (χ4v) is 3.17. The number of hydrogen-bond donors (Lipinski definition) is 1. The number of benzene rings is 1. The first-order valence-corrected chi connectivity index (χ1v) is 6.87. The Morgan fingerprint density at radius 2 is 2.40 bits per heavy atom. The molecule has 1 aliphatic rings. The maximum atomic E-state index is 3.63. The van der Waals surface area contributed by atoms with Crippen LogP contribution in [0, 0.1) is 6.92 Å². The summed E-state index contributed by atoms with van der Waals surface area (Å²) in [5, 5.41) is 3.63. The number of nitrogens with one attached hydrogen (secondary N) is 1. The fraction of sp³-hybridized carbons (Fsp3) is 0.538. The van der Waals surface area contributed by atoms with Crippen LogP contribution in [-0.4, -0.2) is 24.1 Å². The van der Waals surface area contributed by atoms with E-state index in [1.807, 2.05) is 0 Å². The van der Waals surface area contributed by atoms with Crippen molar-refractivity contribution in [3.63, 3.8) is 0 Å². The molecule has 0 saturated carbocycles. The average Bonchev–Trinajstić information content (AvgIpc) is 2.71. The Labute approximate surface area is 96.7 Å². The van der Waals surface area contributed by atoms with Gasteiger partial charge in [0.05, 0.1) is 0 Å². The Bertz CT molecular complexity index is 305. The predicted molar refractivity (Wildman–Crippen MR) is 68.6 cm³/mol. The molecule has 82 valence electrons. The van der Waals surface area contributed by atoms with Crippen molar-refractivity contribution in [1.29, 1.82) is 0 Å². The molecular formula is C13H19NS. The highest BCUT2D eigenvalue weighted by atomic mass is 32.2. The second-order valence-corrected chi connectivity index (χ2v) is 5.40. The summed E-state index contributed by atoms with van der Waals surface area (Å²) in [7, 11) is 0. The summed E-state index contributed by atoms with van der Waals surface area (Å²) in [4.78, 5) is 0. The molecule has 1 aliphatic heterocycles. The van der Waals surface area contributed by atoms with Crippen LogP contribution in [0.1, 0.15) is 17.5 Å². The maximum absolute atomic E-state index is 3.63. The van der Waals surface area contributed by atoms with Crippen molar-refractivity contribution in [2.24, 2.45) is 0 Å². The van der Waals surface area contributed by atoms with E-state index in [9.17, 15) is 0 Å². The van der Waals surface area contributed by atoms with Crippen LogP contribution in [0.15, 0.2) is 24.3 Å². The molecule has 1 atom stereocenters. The number of thioether (sulfide) groups is 1. The highest BCUT2D eigenvalue weighted by Gasteiger charge is 2.13. The molecule has 1 aromatic carbocycles. The average molecular weight is 221 g/mol. The number of rotatable bonds is 4. The molecule has 1 N–H and O–H groups in total. The molecule has 2 heteroatoms. The first-order chi connectivity index (χ1) is 7.34. The SMILES string of the molecule is Cc1cccc(CCN[C@@H]2CCSC2)c1. The fourth-order valence-electron chi connectivity index (χ4n) is 1.98. The zero-order valence-corrected chi connectivity index (χ0v) is 10.1. The third-order valence-electron chi connectivity index (χ3n) is 2.86. The van der Waals surface area contributed by atoms with E-state index >= 15 is 0 Å². The molecule has 0 spiro atoms. The van der Waals surface area contributed by atoms with E-state index in [0.29, 0.717) is 0 Å². The molecule has 1 fully saturated rings. The third-order valence-corrected chi connectivity index (χ3v) is 4.02. The van der Waals surface area contributed by atoms with Crippen molar-refractivity contribution in [1.82, 2.24) is 5.32 Å². The Morgan fingerprint density at radius 1 is 1.47 bits per heavy atom. The molecular weight excluding hydrogens is 202 g/mol. The highest BCUT2D eigenvalue weighted by Crippen LogP contribution is 2.16. The topological polar surface area (TPSA) is 12.0 Å². The van der Waals surface area contributed by atoms with Crippen LogP contribution in [0.25, 0.3) is 0 Å². The summed E-state index contributed by atoms with van der Waals surface area (Å²) in [5.41, 5.74) is 2.82. The van der Waals surface area contributed by atoms with E-state index in [2.05, 4.69) is 48.3 Å². The molecule has 0 unspecified atom stereocenters. The Morgan fingerprint density at radius 3 is 3.13 bits per heavy atom. The zero-order chi connectivity index (χ0) is 10.5. The Kier molecular flexibility index (Phi) is 4.09. The van der Waals surface area contributed by atoms with Gasteiger partial charge < -0.3 is 5.32 Å². The van der Waals surface area contributed by atoms with Crippen LogP contribution in [0.4, 0.5) is 0 Å². The van der Waals surface area contributed by atoms with Crippen molar-refractivity contribution in [2.45, 2.75) is 25.8 Å². The van der Waals surface area contributed by atoms with Gasteiger partial charge in [0.2, 0.25) is 0 Å². The predicted octanol–water partition coefficient (Wildman–Crippen LogP) is 2.63. The lowest BCUT2D eigenvalue weighted by atomic mass is 10.1. The standard InChI is InChI=1S/C13H19NS/c1-11-3-2-4-12(9-11)5-7-14-13-6-8-15-10-13/h2-4,9,13-14H,5-8,10H2,1H3/t13-/m1/s1. The molecule has 0 radical (unpaired) electrons. The number of hydrogen-bond acceptors (Lipinski definition) is 2. The molecule has 1 nitrogen and oxygen atoms in total. The summed E-state index contributed by atoms with van der Waals surface area (Å²) in [6, 6.07) is 9.57. The van der Waals surface area contributed by atoms with Gasteiger partial charge in [0, 0.05) is 11.8 Å². The van der Waals surface area contributed by atoms with Crippen molar-refractivity contribution in [2.75, 3.05) is 18.1 Å². The van der Waals surface area contributed by atoms with Gasteiger partial charge in [-0.05, 0) is 37.6 Å². The molecule has 1 heterocycles.